The smallest absolute Gasteiger partial charge is 0.229 e. The molecule has 1 aliphatic rings. The van der Waals surface area contributed by atoms with Crippen LogP contribution in [0.15, 0.2) is 35.7 Å². The lowest BCUT2D eigenvalue weighted by molar-refractivity contribution is -0.132. The van der Waals surface area contributed by atoms with E-state index in [9.17, 15) is 4.79 Å². The van der Waals surface area contributed by atoms with Crippen LogP contribution in [0.2, 0.25) is 5.02 Å². The number of amides is 1. The van der Waals surface area contributed by atoms with Crippen molar-refractivity contribution in [1.82, 2.24) is 15.3 Å². The van der Waals surface area contributed by atoms with Gasteiger partial charge in [0.05, 0.1) is 15.6 Å². The summed E-state index contributed by atoms with van der Waals surface area (Å²) in [5, 5.41) is 5.57. The molecule has 0 atom stereocenters. The summed E-state index contributed by atoms with van der Waals surface area (Å²) in [7, 11) is 1.70. The summed E-state index contributed by atoms with van der Waals surface area (Å²) in [4.78, 5) is 24.0. The molecule has 7 heteroatoms. The zero-order valence-corrected chi connectivity index (χ0v) is 16.2. The fourth-order valence-electron chi connectivity index (χ4n) is 3.60. The van der Waals surface area contributed by atoms with E-state index in [1.807, 2.05) is 42.6 Å². The highest BCUT2D eigenvalue weighted by Gasteiger charge is 2.49. The lowest BCUT2D eigenvalue weighted by Crippen LogP contribution is -2.64. The molecule has 2 aromatic heterocycles. The van der Waals surface area contributed by atoms with Gasteiger partial charge in [-0.05, 0) is 42.5 Å². The molecule has 0 radical (unpaired) electrons. The second kappa shape index (κ2) is 6.52. The zero-order valence-electron chi connectivity index (χ0n) is 14.6. The van der Waals surface area contributed by atoms with Gasteiger partial charge in [-0.25, -0.2) is 9.97 Å². The molecule has 1 aromatic carbocycles. The van der Waals surface area contributed by atoms with Crippen LogP contribution >= 0.6 is 22.9 Å². The molecular formula is C19H19ClN4OS. The Labute approximate surface area is 161 Å². The number of hydrogen-bond donors (Lipinski definition) is 1. The molecule has 0 saturated carbocycles. The highest BCUT2D eigenvalue weighted by atomic mass is 35.5. The number of thiophene rings is 1. The second-order valence-corrected chi connectivity index (χ2v) is 8.10. The van der Waals surface area contributed by atoms with E-state index in [1.165, 1.54) is 0 Å². The molecule has 1 N–H and O–H groups in total. The van der Waals surface area contributed by atoms with Gasteiger partial charge in [0.1, 0.15) is 11.6 Å². The van der Waals surface area contributed by atoms with Gasteiger partial charge < -0.3 is 10.2 Å². The molecule has 1 amide bonds. The second-order valence-electron chi connectivity index (χ2n) is 6.75. The molecule has 4 rings (SSSR count). The summed E-state index contributed by atoms with van der Waals surface area (Å²) in [6, 6.07) is 9.73. The fourth-order valence-corrected chi connectivity index (χ4v) is 4.58. The van der Waals surface area contributed by atoms with E-state index < -0.39 is 5.41 Å². The molecule has 0 bridgehead atoms. The monoisotopic (exact) mass is 386 g/mol. The number of aryl methyl sites for hydroxylation is 1. The molecule has 134 valence electrons. The maximum Gasteiger partial charge on any atom is 0.229 e. The first kappa shape index (κ1) is 17.2. The van der Waals surface area contributed by atoms with Crippen LogP contribution in [-0.2, 0) is 11.2 Å². The predicted molar refractivity (Wildman–Crippen MR) is 106 cm³/mol. The maximum atomic E-state index is 12.7. The Morgan fingerprint density at radius 2 is 2.00 bits per heavy atom. The number of aromatic nitrogens is 2. The van der Waals surface area contributed by atoms with Gasteiger partial charge in [-0.1, -0.05) is 23.7 Å². The standard InChI is InChI=1S/C19H19ClN4OS/c1-12-22-15-7-8-26-16(15)17(23-12)24-10-19(11-24,18(25)21-2)9-13-3-5-14(20)6-4-13/h3-8H,9-11H2,1-2H3,(H,21,25). The van der Waals surface area contributed by atoms with Gasteiger partial charge in [0, 0.05) is 25.2 Å². The van der Waals surface area contributed by atoms with Crippen LogP contribution in [0.25, 0.3) is 10.2 Å². The van der Waals surface area contributed by atoms with Gasteiger partial charge in [-0.2, -0.15) is 0 Å². The van der Waals surface area contributed by atoms with Crippen LogP contribution in [0.5, 0.6) is 0 Å². The van der Waals surface area contributed by atoms with E-state index in [4.69, 9.17) is 11.6 Å². The minimum absolute atomic E-state index is 0.0666. The summed E-state index contributed by atoms with van der Waals surface area (Å²) < 4.78 is 1.08. The molecule has 0 spiro atoms. The van der Waals surface area contributed by atoms with Crippen LogP contribution in [0.4, 0.5) is 5.82 Å². The molecule has 1 fully saturated rings. The van der Waals surface area contributed by atoms with E-state index in [0.29, 0.717) is 24.5 Å². The van der Waals surface area contributed by atoms with Crippen molar-refractivity contribution < 1.29 is 4.79 Å². The largest absolute Gasteiger partial charge is 0.359 e. The third-order valence-electron chi connectivity index (χ3n) is 4.85. The average molecular weight is 387 g/mol. The Morgan fingerprint density at radius 1 is 1.27 bits per heavy atom. The molecule has 5 nitrogen and oxygen atoms in total. The number of benzene rings is 1. The van der Waals surface area contributed by atoms with Crippen molar-refractivity contribution >= 4 is 44.9 Å². The van der Waals surface area contributed by atoms with Crippen molar-refractivity contribution in [2.75, 3.05) is 25.0 Å². The highest BCUT2D eigenvalue weighted by Crippen LogP contribution is 2.40. The maximum absolute atomic E-state index is 12.7. The number of carbonyl (C=O) groups excluding carboxylic acids is 1. The first-order valence-electron chi connectivity index (χ1n) is 8.44. The molecule has 26 heavy (non-hydrogen) atoms. The number of nitrogens with zero attached hydrogens (tertiary/aromatic N) is 3. The Bertz CT molecular complexity index is 963. The number of hydrogen-bond acceptors (Lipinski definition) is 5. The van der Waals surface area contributed by atoms with E-state index in [-0.39, 0.29) is 5.91 Å². The SMILES string of the molecule is CNC(=O)C1(Cc2ccc(Cl)cc2)CN(c2nc(C)nc3ccsc23)C1. The molecule has 3 aromatic rings. The van der Waals surface area contributed by atoms with E-state index in [1.54, 1.807) is 18.4 Å². The minimum atomic E-state index is -0.453. The van der Waals surface area contributed by atoms with Crippen molar-refractivity contribution in [3.63, 3.8) is 0 Å². The summed E-state index contributed by atoms with van der Waals surface area (Å²) >= 11 is 7.62. The molecule has 1 aliphatic heterocycles. The summed E-state index contributed by atoms with van der Waals surface area (Å²) in [6.45, 7) is 3.18. The van der Waals surface area contributed by atoms with E-state index in [2.05, 4.69) is 20.2 Å². The van der Waals surface area contributed by atoms with Crippen molar-refractivity contribution in [2.45, 2.75) is 13.3 Å². The molecule has 0 aliphatic carbocycles. The normalized spacial score (nSPS) is 15.7. The van der Waals surface area contributed by atoms with Crippen LogP contribution in [0.1, 0.15) is 11.4 Å². The number of rotatable bonds is 4. The zero-order chi connectivity index (χ0) is 18.3. The first-order valence-corrected chi connectivity index (χ1v) is 9.70. The molecular weight excluding hydrogens is 368 g/mol. The van der Waals surface area contributed by atoms with Crippen molar-refractivity contribution in [3.8, 4) is 0 Å². The first-order chi connectivity index (χ1) is 12.5. The summed E-state index contributed by atoms with van der Waals surface area (Å²) in [6.07, 6.45) is 0.679. The lowest BCUT2D eigenvalue weighted by atomic mass is 9.74. The van der Waals surface area contributed by atoms with Crippen LogP contribution in [0, 0.1) is 12.3 Å². The third-order valence-corrected chi connectivity index (χ3v) is 6.00. The number of anilines is 1. The summed E-state index contributed by atoms with van der Waals surface area (Å²) in [5.41, 5.74) is 1.62. The van der Waals surface area contributed by atoms with Gasteiger partial charge in [0.25, 0.3) is 0 Å². The Morgan fingerprint density at radius 3 is 2.69 bits per heavy atom. The van der Waals surface area contributed by atoms with Gasteiger partial charge in [0.15, 0.2) is 0 Å². The van der Waals surface area contributed by atoms with Crippen LogP contribution in [-0.4, -0.2) is 36.0 Å². The Balaban J connectivity index is 1.62. The van der Waals surface area contributed by atoms with E-state index in [0.717, 1.165) is 27.4 Å². The van der Waals surface area contributed by atoms with Crippen LogP contribution < -0.4 is 10.2 Å². The quantitative estimate of drug-likeness (QED) is 0.746. The third kappa shape index (κ3) is 2.93. The van der Waals surface area contributed by atoms with Gasteiger partial charge >= 0.3 is 0 Å². The lowest BCUT2D eigenvalue weighted by Gasteiger charge is -2.49. The van der Waals surface area contributed by atoms with Crippen molar-refractivity contribution in [2.24, 2.45) is 5.41 Å². The molecule has 3 heterocycles. The number of nitrogens with one attached hydrogen (secondary N) is 1. The van der Waals surface area contributed by atoms with Crippen molar-refractivity contribution in [1.29, 1.82) is 0 Å². The van der Waals surface area contributed by atoms with Gasteiger partial charge in [-0.3, -0.25) is 4.79 Å². The average Bonchev–Trinajstić information content (AvgIpc) is 3.06. The fraction of sp³-hybridized carbons (Fsp3) is 0.316. The van der Waals surface area contributed by atoms with Crippen LogP contribution in [0.3, 0.4) is 0 Å². The number of fused-ring (bicyclic) bond motifs is 1. The highest BCUT2D eigenvalue weighted by molar-refractivity contribution is 7.17. The van der Waals surface area contributed by atoms with Gasteiger partial charge in [0.2, 0.25) is 5.91 Å². The minimum Gasteiger partial charge on any atom is -0.359 e. The Kier molecular flexibility index (Phi) is 4.32. The summed E-state index contributed by atoms with van der Waals surface area (Å²) in [5.74, 6) is 1.75. The number of halogens is 1. The predicted octanol–water partition coefficient (Wildman–Crippen LogP) is 3.45. The van der Waals surface area contributed by atoms with Crippen molar-refractivity contribution in [3.05, 3.63) is 52.1 Å². The molecule has 0 unspecified atom stereocenters. The van der Waals surface area contributed by atoms with E-state index >= 15 is 0 Å². The topological polar surface area (TPSA) is 58.1 Å². The van der Waals surface area contributed by atoms with Gasteiger partial charge in [-0.15, -0.1) is 11.3 Å². The Hall–Kier alpha value is -2.18. The number of carbonyl (C=O) groups is 1. The molecule has 1 saturated heterocycles.